The summed E-state index contributed by atoms with van der Waals surface area (Å²) in [5.41, 5.74) is 14.3. The van der Waals surface area contributed by atoms with E-state index in [0.717, 1.165) is 88.6 Å². The number of imidazole rings is 1. The molecule has 0 radical (unpaired) electrons. The quantitative estimate of drug-likeness (QED) is 0.152. The Morgan fingerprint density at radius 1 is 0.679 bits per heavy atom. The molecule has 9 aromatic rings. The zero-order valence-electron chi connectivity index (χ0n) is 32.2. The molecule has 5 aromatic carbocycles. The highest BCUT2D eigenvalue weighted by molar-refractivity contribution is 6.14. The number of nitriles is 1. The van der Waals surface area contributed by atoms with E-state index in [-0.39, 0.29) is 11.8 Å². The maximum absolute atomic E-state index is 9.96. The van der Waals surface area contributed by atoms with E-state index in [9.17, 15) is 5.26 Å². The second-order valence-electron chi connectivity index (χ2n) is 15.5. The van der Waals surface area contributed by atoms with Gasteiger partial charge >= 0.3 is 0 Å². The van der Waals surface area contributed by atoms with Crippen LogP contribution in [0.4, 0.5) is 5.69 Å². The number of para-hydroxylation sites is 1. The van der Waals surface area contributed by atoms with Crippen molar-refractivity contribution in [1.29, 1.82) is 5.26 Å². The van der Waals surface area contributed by atoms with Crippen molar-refractivity contribution in [3.8, 4) is 45.4 Å². The van der Waals surface area contributed by atoms with Gasteiger partial charge in [0.25, 0.3) is 0 Å². The van der Waals surface area contributed by atoms with Gasteiger partial charge in [0, 0.05) is 45.2 Å². The van der Waals surface area contributed by atoms with Crippen molar-refractivity contribution < 1.29 is 8.83 Å². The number of furan rings is 2. The molecule has 0 bridgehead atoms. The molecule has 0 saturated heterocycles. The molecular weight excluding hydrogens is 691 g/mol. The van der Waals surface area contributed by atoms with Gasteiger partial charge < -0.3 is 8.83 Å². The summed E-state index contributed by atoms with van der Waals surface area (Å²) in [6, 6.07) is 35.3. The van der Waals surface area contributed by atoms with Crippen LogP contribution in [0.1, 0.15) is 81.7 Å². The first-order valence-electron chi connectivity index (χ1n) is 19.1. The van der Waals surface area contributed by atoms with Gasteiger partial charge in [-0.3, -0.25) is 9.55 Å². The minimum absolute atomic E-state index is 0.159. The molecule has 0 atom stereocenters. The van der Waals surface area contributed by atoms with E-state index in [0.29, 0.717) is 23.1 Å². The topological polar surface area (TPSA) is 85.1 Å². The molecule has 0 spiro atoms. The largest absolute Gasteiger partial charge is 0.455 e. The molecule has 0 unspecified atom stereocenters. The van der Waals surface area contributed by atoms with Crippen molar-refractivity contribution in [2.45, 2.75) is 59.3 Å². The van der Waals surface area contributed by atoms with Gasteiger partial charge in [0.1, 0.15) is 34.2 Å². The summed E-state index contributed by atoms with van der Waals surface area (Å²) < 4.78 is 15.2. The van der Waals surface area contributed by atoms with Gasteiger partial charge in [-0.1, -0.05) is 90.1 Å². The first kappa shape index (κ1) is 34.8. The van der Waals surface area contributed by atoms with Gasteiger partial charge in [-0.25, -0.2) is 9.83 Å². The Bertz CT molecular complexity index is 3080. The van der Waals surface area contributed by atoms with Crippen molar-refractivity contribution in [1.82, 2.24) is 14.5 Å². The van der Waals surface area contributed by atoms with Crippen LogP contribution in [0.3, 0.4) is 0 Å². The monoisotopic (exact) mass is 729 g/mol. The lowest BCUT2D eigenvalue weighted by Crippen LogP contribution is -2.08. The highest BCUT2D eigenvalue weighted by Crippen LogP contribution is 2.43. The van der Waals surface area contributed by atoms with E-state index in [1.807, 2.05) is 41.2 Å². The van der Waals surface area contributed by atoms with E-state index < -0.39 is 0 Å². The predicted octanol–water partition coefficient (Wildman–Crippen LogP) is 13.9. The van der Waals surface area contributed by atoms with E-state index in [2.05, 4.69) is 119 Å². The molecule has 4 heterocycles. The van der Waals surface area contributed by atoms with Gasteiger partial charge in [0.05, 0.1) is 12.3 Å². The summed E-state index contributed by atoms with van der Waals surface area (Å²) in [5.74, 6) is 1.36. The third-order valence-corrected chi connectivity index (χ3v) is 10.9. The minimum atomic E-state index is 0.159. The minimum Gasteiger partial charge on any atom is -0.455 e. The molecule has 0 fully saturated rings. The van der Waals surface area contributed by atoms with Crippen molar-refractivity contribution in [2.24, 2.45) is 0 Å². The Kier molecular flexibility index (Phi) is 8.33. The first-order chi connectivity index (χ1) is 27.1. The standard InChI is InChI=1S/C49H39N5O2/c1-27(2)30-14-16-44-42(21-30)45-48(56-44)38(18-19-52-45)36-12-9-13-37-41-22-31(15-17-43(41)55-47(36)37)33-23-39(28(3)4)46(40(24-33)29(5)6)54-26-35(25-50)53-49(54)32-10-8-11-34(20-32)51-7/h8-24,26-29H,1-6H3. The summed E-state index contributed by atoms with van der Waals surface area (Å²) in [6.45, 7) is 20.8. The molecule has 272 valence electrons. The summed E-state index contributed by atoms with van der Waals surface area (Å²) in [6.07, 6.45) is 3.67. The van der Waals surface area contributed by atoms with E-state index in [4.69, 9.17) is 25.4 Å². The van der Waals surface area contributed by atoms with Crippen LogP contribution in [-0.2, 0) is 0 Å². The van der Waals surface area contributed by atoms with Gasteiger partial charge in [0.2, 0.25) is 0 Å². The Morgan fingerprint density at radius 3 is 2.12 bits per heavy atom. The van der Waals surface area contributed by atoms with Crippen LogP contribution in [0.5, 0.6) is 0 Å². The summed E-state index contributed by atoms with van der Waals surface area (Å²) in [4.78, 5) is 13.1. The lowest BCUT2D eigenvalue weighted by atomic mass is 9.88. The lowest BCUT2D eigenvalue weighted by Gasteiger charge is -2.23. The van der Waals surface area contributed by atoms with Crippen LogP contribution in [0, 0.1) is 17.9 Å². The molecule has 0 aliphatic rings. The normalized spacial score (nSPS) is 11.8. The molecule has 56 heavy (non-hydrogen) atoms. The molecular formula is C49H39N5O2. The van der Waals surface area contributed by atoms with Crippen LogP contribution in [0.25, 0.3) is 88.2 Å². The number of fused-ring (bicyclic) bond motifs is 6. The number of hydrogen-bond donors (Lipinski definition) is 0. The van der Waals surface area contributed by atoms with Gasteiger partial charge in [-0.05, 0) is 94.1 Å². The smallest absolute Gasteiger partial charge is 0.187 e. The number of pyridine rings is 1. The Morgan fingerprint density at radius 2 is 1.39 bits per heavy atom. The van der Waals surface area contributed by atoms with Crippen LogP contribution >= 0.6 is 0 Å². The molecule has 0 aliphatic carbocycles. The molecule has 7 heteroatoms. The average Bonchev–Trinajstić information content (AvgIpc) is 3.93. The number of aromatic nitrogens is 3. The van der Waals surface area contributed by atoms with Crippen molar-refractivity contribution in [3.05, 3.63) is 143 Å². The zero-order valence-corrected chi connectivity index (χ0v) is 32.2. The van der Waals surface area contributed by atoms with Gasteiger partial charge in [-0.2, -0.15) is 5.26 Å². The van der Waals surface area contributed by atoms with E-state index in [1.54, 1.807) is 6.07 Å². The first-order valence-corrected chi connectivity index (χ1v) is 19.1. The van der Waals surface area contributed by atoms with Gasteiger partial charge in [-0.15, -0.1) is 0 Å². The SMILES string of the molecule is [C-]#[N+]c1cccc(-c2nc(C#N)cn2-c2c(C(C)C)cc(-c3ccc4oc5c(-c6ccnc7c6oc6ccc(C(C)C)cc67)cccc5c4c3)cc2C(C)C)c1. The molecule has 9 rings (SSSR count). The lowest BCUT2D eigenvalue weighted by molar-refractivity contribution is 0.664. The molecule has 0 aliphatic heterocycles. The van der Waals surface area contributed by atoms with Crippen molar-refractivity contribution >= 4 is 49.7 Å². The predicted molar refractivity (Wildman–Crippen MR) is 225 cm³/mol. The maximum atomic E-state index is 9.96. The maximum Gasteiger partial charge on any atom is 0.187 e. The fourth-order valence-electron chi connectivity index (χ4n) is 7.96. The fraction of sp³-hybridized carbons (Fsp3) is 0.184. The van der Waals surface area contributed by atoms with Crippen LogP contribution in [-0.4, -0.2) is 14.5 Å². The molecule has 4 aromatic heterocycles. The third kappa shape index (κ3) is 5.63. The summed E-state index contributed by atoms with van der Waals surface area (Å²) in [5, 5.41) is 13.0. The highest BCUT2D eigenvalue weighted by atomic mass is 16.3. The Labute approximate surface area is 325 Å². The molecule has 7 nitrogen and oxygen atoms in total. The number of hydrogen-bond acceptors (Lipinski definition) is 5. The van der Waals surface area contributed by atoms with Gasteiger partial charge in [0.15, 0.2) is 17.0 Å². The fourth-order valence-corrected chi connectivity index (χ4v) is 7.96. The summed E-state index contributed by atoms with van der Waals surface area (Å²) in [7, 11) is 0. The van der Waals surface area contributed by atoms with Crippen LogP contribution in [0.2, 0.25) is 0 Å². The average molecular weight is 730 g/mol. The molecule has 0 saturated carbocycles. The van der Waals surface area contributed by atoms with Crippen molar-refractivity contribution in [2.75, 3.05) is 0 Å². The zero-order chi connectivity index (χ0) is 38.8. The number of nitrogens with zero attached hydrogens (tertiary/aromatic N) is 5. The van der Waals surface area contributed by atoms with E-state index >= 15 is 0 Å². The third-order valence-electron chi connectivity index (χ3n) is 10.9. The number of benzene rings is 5. The molecule has 0 N–H and O–H groups in total. The Balaban J connectivity index is 1.20. The van der Waals surface area contributed by atoms with Crippen LogP contribution in [0.15, 0.2) is 118 Å². The molecule has 0 amide bonds. The number of rotatable bonds is 7. The summed E-state index contributed by atoms with van der Waals surface area (Å²) >= 11 is 0. The highest BCUT2D eigenvalue weighted by Gasteiger charge is 2.24. The second kappa shape index (κ2) is 13.4. The Hall–Kier alpha value is -6.96. The van der Waals surface area contributed by atoms with E-state index in [1.165, 1.54) is 5.56 Å². The van der Waals surface area contributed by atoms with Crippen molar-refractivity contribution in [3.63, 3.8) is 0 Å². The van der Waals surface area contributed by atoms with Crippen LogP contribution < -0.4 is 0 Å². The second-order valence-corrected chi connectivity index (χ2v) is 15.5.